The van der Waals surface area contributed by atoms with Gasteiger partial charge in [-0.15, -0.1) is 11.8 Å². The highest BCUT2D eigenvalue weighted by atomic mass is 32.2. The van der Waals surface area contributed by atoms with Crippen molar-refractivity contribution in [1.82, 2.24) is 20.5 Å². The van der Waals surface area contributed by atoms with E-state index in [-0.39, 0.29) is 23.8 Å². The molecule has 0 unspecified atom stereocenters. The minimum atomic E-state index is -0.161. The first-order valence-corrected chi connectivity index (χ1v) is 8.68. The van der Waals surface area contributed by atoms with Crippen LogP contribution in [0.15, 0.2) is 24.4 Å². The average Bonchev–Trinajstić information content (AvgIpc) is 3.24. The van der Waals surface area contributed by atoms with Crippen molar-refractivity contribution < 1.29 is 9.59 Å². The molecule has 1 aromatic rings. The average molecular weight is 320 g/mol. The van der Waals surface area contributed by atoms with E-state index in [0.717, 1.165) is 31.1 Å². The Balaban J connectivity index is 1.45. The van der Waals surface area contributed by atoms with Gasteiger partial charge in [0.1, 0.15) is 5.69 Å². The minimum absolute atomic E-state index is 0.101. The molecular weight excluding hydrogens is 300 g/mol. The van der Waals surface area contributed by atoms with E-state index in [9.17, 15) is 9.59 Å². The first-order chi connectivity index (χ1) is 10.7. The summed E-state index contributed by atoms with van der Waals surface area (Å²) in [7, 11) is 0. The number of pyridine rings is 1. The second-order valence-corrected chi connectivity index (χ2v) is 6.70. The highest BCUT2D eigenvalue weighted by Gasteiger charge is 2.33. The van der Waals surface area contributed by atoms with Gasteiger partial charge >= 0.3 is 0 Å². The van der Waals surface area contributed by atoms with Gasteiger partial charge in [0.15, 0.2) is 0 Å². The summed E-state index contributed by atoms with van der Waals surface area (Å²) in [4.78, 5) is 30.2. The van der Waals surface area contributed by atoms with Crippen molar-refractivity contribution >= 4 is 23.6 Å². The predicted molar refractivity (Wildman–Crippen MR) is 85.5 cm³/mol. The number of carbonyl (C=O) groups is 2. The SMILES string of the molecule is O=C(NC[C@@H]1CN[C@H](C(=O)N2CCSC2)C1)c1ccccn1. The van der Waals surface area contributed by atoms with Crippen molar-refractivity contribution in [1.29, 1.82) is 0 Å². The van der Waals surface area contributed by atoms with Crippen LogP contribution in [0.2, 0.25) is 0 Å². The Morgan fingerprint density at radius 3 is 3.09 bits per heavy atom. The zero-order valence-corrected chi connectivity index (χ0v) is 13.1. The van der Waals surface area contributed by atoms with Crippen molar-refractivity contribution in [3.05, 3.63) is 30.1 Å². The molecule has 1 aromatic heterocycles. The second-order valence-electron chi connectivity index (χ2n) is 5.63. The molecule has 0 aliphatic carbocycles. The number of thioether (sulfide) groups is 1. The maximum atomic E-state index is 12.3. The van der Waals surface area contributed by atoms with Crippen LogP contribution in [0.25, 0.3) is 0 Å². The van der Waals surface area contributed by atoms with Crippen molar-refractivity contribution in [3.63, 3.8) is 0 Å². The molecule has 3 heterocycles. The quantitative estimate of drug-likeness (QED) is 0.836. The van der Waals surface area contributed by atoms with E-state index < -0.39 is 0 Å². The molecule has 2 amide bonds. The molecule has 2 saturated heterocycles. The molecule has 22 heavy (non-hydrogen) atoms. The number of aromatic nitrogens is 1. The summed E-state index contributed by atoms with van der Waals surface area (Å²) in [6, 6.07) is 5.17. The standard InChI is InChI=1S/C15H20N4O2S/c20-14(12-3-1-2-4-16-12)18-9-11-7-13(17-8-11)15(21)19-5-6-22-10-19/h1-4,11,13,17H,5-10H2,(H,18,20)/t11-,13-/m0/s1. The zero-order chi connectivity index (χ0) is 15.4. The number of carbonyl (C=O) groups excluding carboxylic acids is 2. The first-order valence-electron chi connectivity index (χ1n) is 7.53. The summed E-state index contributed by atoms with van der Waals surface area (Å²) in [5, 5.41) is 6.18. The second kappa shape index (κ2) is 7.11. The molecule has 3 rings (SSSR count). The van der Waals surface area contributed by atoms with Crippen LogP contribution < -0.4 is 10.6 Å². The van der Waals surface area contributed by atoms with Gasteiger partial charge in [0.2, 0.25) is 5.91 Å². The van der Waals surface area contributed by atoms with Gasteiger partial charge in [-0.2, -0.15) is 0 Å². The van der Waals surface area contributed by atoms with Crippen LogP contribution in [0, 0.1) is 5.92 Å². The summed E-state index contributed by atoms with van der Waals surface area (Å²) in [6.45, 7) is 2.18. The summed E-state index contributed by atoms with van der Waals surface area (Å²) >= 11 is 1.80. The summed E-state index contributed by atoms with van der Waals surface area (Å²) in [6.07, 6.45) is 2.39. The van der Waals surface area contributed by atoms with Crippen molar-refractivity contribution in [3.8, 4) is 0 Å². The Hall–Kier alpha value is -1.60. The minimum Gasteiger partial charge on any atom is -0.350 e. The lowest BCUT2D eigenvalue weighted by Crippen LogP contribution is -2.42. The molecule has 0 radical (unpaired) electrons. The van der Waals surface area contributed by atoms with Gasteiger partial charge in [-0.3, -0.25) is 14.6 Å². The highest BCUT2D eigenvalue weighted by Crippen LogP contribution is 2.19. The van der Waals surface area contributed by atoms with Gasteiger partial charge in [-0.1, -0.05) is 6.07 Å². The molecule has 0 bridgehead atoms. The molecule has 118 valence electrons. The van der Waals surface area contributed by atoms with Crippen LogP contribution in [-0.2, 0) is 4.79 Å². The molecule has 0 saturated carbocycles. The van der Waals surface area contributed by atoms with Gasteiger partial charge in [-0.25, -0.2) is 0 Å². The Labute approximate surface area is 134 Å². The van der Waals surface area contributed by atoms with E-state index in [2.05, 4.69) is 15.6 Å². The predicted octanol–water partition coefficient (Wildman–Crippen LogP) is 0.322. The van der Waals surface area contributed by atoms with E-state index >= 15 is 0 Å². The lowest BCUT2D eigenvalue weighted by atomic mass is 10.0. The Morgan fingerprint density at radius 1 is 1.45 bits per heavy atom. The number of nitrogens with zero attached hydrogens (tertiary/aromatic N) is 2. The van der Waals surface area contributed by atoms with E-state index in [1.807, 2.05) is 4.90 Å². The molecule has 2 N–H and O–H groups in total. The number of rotatable bonds is 4. The van der Waals surface area contributed by atoms with Crippen molar-refractivity contribution in [2.24, 2.45) is 5.92 Å². The third-order valence-electron chi connectivity index (χ3n) is 4.03. The molecule has 2 aliphatic heterocycles. The number of hydrogen-bond acceptors (Lipinski definition) is 5. The van der Waals surface area contributed by atoms with Gasteiger partial charge in [0.05, 0.1) is 11.9 Å². The Morgan fingerprint density at radius 2 is 2.36 bits per heavy atom. The fourth-order valence-corrected chi connectivity index (χ4v) is 3.74. The van der Waals surface area contributed by atoms with Gasteiger partial charge in [0.25, 0.3) is 5.91 Å². The van der Waals surface area contributed by atoms with E-state index in [4.69, 9.17) is 0 Å². The Kier molecular flexibility index (Phi) is 4.94. The van der Waals surface area contributed by atoms with E-state index in [1.54, 1.807) is 36.2 Å². The molecule has 0 aromatic carbocycles. The van der Waals surface area contributed by atoms with Gasteiger partial charge in [-0.05, 0) is 24.5 Å². The zero-order valence-electron chi connectivity index (χ0n) is 12.3. The van der Waals surface area contributed by atoms with E-state index in [0.29, 0.717) is 12.2 Å². The molecule has 2 atom stereocenters. The normalized spacial score (nSPS) is 24.5. The van der Waals surface area contributed by atoms with Crippen LogP contribution in [0.4, 0.5) is 0 Å². The number of nitrogens with one attached hydrogen (secondary N) is 2. The fourth-order valence-electron chi connectivity index (χ4n) is 2.79. The molecule has 2 fully saturated rings. The molecule has 2 aliphatic rings. The number of hydrogen-bond donors (Lipinski definition) is 2. The lowest BCUT2D eigenvalue weighted by molar-refractivity contribution is -0.131. The molecule has 0 spiro atoms. The van der Waals surface area contributed by atoms with Gasteiger partial charge in [0, 0.05) is 31.6 Å². The van der Waals surface area contributed by atoms with Crippen molar-refractivity contribution in [2.45, 2.75) is 12.5 Å². The molecule has 6 nitrogen and oxygen atoms in total. The largest absolute Gasteiger partial charge is 0.350 e. The number of amides is 2. The van der Waals surface area contributed by atoms with Gasteiger partial charge < -0.3 is 15.5 Å². The van der Waals surface area contributed by atoms with Crippen LogP contribution in [0.1, 0.15) is 16.9 Å². The Bertz CT molecular complexity index is 534. The van der Waals surface area contributed by atoms with Crippen molar-refractivity contribution in [2.75, 3.05) is 31.3 Å². The van der Waals surface area contributed by atoms with Crippen LogP contribution in [0.3, 0.4) is 0 Å². The lowest BCUT2D eigenvalue weighted by Gasteiger charge is -2.19. The molecular formula is C15H20N4O2S. The summed E-state index contributed by atoms with van der Waals surface area (Å²) in [5.41, 5.74) is 0.426. The summed E-state index contributed by atoms with van der Waals surface area (Å²) in [5.74, 6) is 2.16. The summed E-state index contributed by atoms with van der Waals surface area (Å²) < 4.78 is 0. The first kappa shape index (κ1) is 15.3. The van der Waals surface area contributed by atoms with E-state index in [1.165, 1.54) is 0 Å². The monoisotopic (exact) mass is 320 g/mol. The van der Waals surface area contributed by atoms with Crippen LogP contribution in [0.5, 0.6) is 0 Å². The smallest absolute Gasteiger partial charge is 0.269 e. The van der Waals surface area contributed by atoms with Crippen LogP contribution in [-0.4, -0.2) is 59.0 Å². The third-order valence-corrected chi connectivity index (χ3v) is 5.00. The topological polar surface area (TPSA) is 74.3 Å². The maximum Gasteiger partial charge on any atom is 0.269 e. The maximum absolute atomic E-state index is 12.3. The highest BCUT2D eigenvalue weighted by molar-refractivity contribution is 7.99. The van der Waals surface area contributed by atoms with Crippen LogP contribution >= 0.6 is 11.8 Å². The fraction of sp³-hybridized carbons (Fsp3) is 0.533. The molecule has 7 heteroatoms. The third kappa shape index (κ3) is 3.59.